The van der Waals surface area contributed by atoms with Gasteiger partial charge in [-0.1, -0.05) is 37.6 Å². The first-order valence-corrected chi connectivity index (χ1v) is 9.25. The van der Waals surface area contributed by atoms with Crippen LogP contribution in [-0.4, -0.2) is 21.5 Å². The second-order valence-electron chi connectivity index (χ2n) is 6.51. The maximum absolute atomic E-state index is 11.3. The van der Waals surface area contributed by atoms with E-state index in [9.17, 15) is 25.3 Å². The molecule has 3 rings (SSSR count). The third-order valence-corrected chi connectivity index (χ3v) is 4.47. The van der Waals surface area contributed by atoms with Gasteiger partial charge in [0.05, 0.1) is 15.9 Å². The Morgan fingerprint density at radius 1 is 1.00 bits per heavy atom. The molecule has 0 saturated heterocycles. The number of anilines is 1. The van der Waals surface area contributed by atoms with E-state index in [1.54, 1.807) is 12.1 Å². The third kappa shape index (κ3) is 4.32. The van der Waals surface area contributed by atoms with Crippen molar-refractivity contribution in [3.63, 3.8) is 0 Å². The number of phenols is 1. The number of hydrogen-bond acceptors (Lipinski definition) is 8. The first-order chi connectivity index (χ1) is 14.4. The number of non-ortho nitro benzene ring substituents is 1. The number of unbranched alkanes of at least 4 members (excludes halogenated alkanes) is 1. The lowest BCUT2D eigenvalue weighted by atomic mass is 10.1. The van der Waals surface area contributed by atoms with Crippen LogP contribution in [0.3, 0.4) is 0 Å². The van der Waals surface area contributed by atoms with Crippen LogP contribution in [0.4, 0.5) is 28.4 Å². The lowest BCUT2D eigenvalue weighted by molar-refractivity contribution is -0.393. The van der Waals surface area contributed by atoms with E-state index in [-0.39, 0.29) is 17.1 Å². The number of nitrogens with one attached hydrogen (secondary N) is 1. The molecule has 0 amide bonds. The fourth-order valence-electron chi connectivity index (χ4n) is 2.96. The van der Waals surface area contributed by atoms with E-state index in [0.29, 0.717) is 5.39 Å². The number of nitro groups is 2. The lowest BCUT2D eigenvalue weighted by Gasteiger charge is -2.12. The molecule has 0 atom stereocenters. The number of rotatable bonds is 8. The molecule has 2 N–H and O–H groups in total. The van der Waals surface area contributed by atoms with E-state index in [2.05, 4.69) is 22.5 Å². The second kappa shape index (κ2) is 8.95. The fraction of sp³-hybridized carbons (Fsp3) is 0.200. The molecular weight excluding hydrogens is 390 g/mol. The summed E-state index contributed by atoms with van der Waals surface area (Å²) in [5.74, 6) is -0.138. The molecule has 0 spiro atoms. The van der Waals surface area contributed by atoms with Crippen LogP contribution >= 0.6 is 0 Å². The van der Waals surface area contributed by atoms with Crippen molar-refractivity contribution in [1.82, 2.24) is 0 Å². The monoisotopic (exact) mass is 409 g/mol. The van der Waals surface area contributed by atoms with Crippen LogP contribution in [0.2, 0.25) is 0 Å². The highest BCUT2D eigenvalue weighted by Crippen LogP contribution is 2.41. The fourth-order valence-corrected chi connectivity index (χ4v) is 2.96. The number of benzene rings is 3. The zero-order chi connectivity index (χ0) is 21.7. The molecule has 3 aromatic carbocycles. The minimum atomic E-state index is -0.764. The molecule has 0 heterocycles. The highest BCUT2D eigenvalue weighted by molar-refractivity contribution is 6.03. The van der Waals surface area contributed by atoms with E-state index in [4.69, 9.17) is 0 Å². The van der Waals surface area contributed by atoms with Gasteiger partial charge in [0.2, 0.25) is 0 Å². The Hall–Kier alpha value is -4.08. The maximum Gasteiger partial charge on any atom is 0.303 e. The molecule has 154 valence electrons. The Labute approximate surface area is 171 Å². The molecule has 10 nitrogen and oxygen atoms in total. The molecule has 0 bridgehead atoms. The largest absolute Gasteiger partial charge is 0.506 e. The van der Waals surface area contributed by atoms with Crippen LogP contribution in [0.5, 0.6) is 5.75 Å². The number of hydrogen-bond donors (Lipinski definition) is 2. The van der Waals surface area contributed by atoms with Gasteiger partial charge in [0.25, 0.3) is 5.69 Å². The summed E-state index contributed by atoms with van der Waals surface area (Å²) in [6, 6.07) is 11.9. The van der Waals surface area contributed by atoms with Crippen LogP contribution in [0.15, 0.2) is 58.8 Å². The quantitative estimate of drug-likeness (QED) is 0.202. The summed E-state index contributed by atoms with van der Waals surface area (Å²) in [5.41, 5.74) is -0.221. The lowest BCUT2D eigenvalue weighted by Crippen LogP contribution is -2.01. The normalized spacial score (nSPS) is 11.1. The summed E-state index contributed by atoms with van der Waals surface area (Å²) in [6.07, 6.45) is 2.00. The van der Waals surface area contributed by atoms with Crippen LogP contribution in [0, 0.1) is 20.2 Å². The topological polar surface area (TPSA) is 143 Å². The van der Waals surface area contributed by atoms with Crippen molar-refractivity contribution in [3.8, 4) is 5.75 Å². The number of nitrogens with zero attached hydrogens (tertiary/aromatic N) is 4. The molecule has 0 unspecified atom stereocenters. The van der Waals surface area contributed by atoms with Crippen molar-refractivity contribution in [2.45, 2.75) is 19.8 Å². The SMILES string of the molecule is CCCCNc1cc(O)c(N=Nc2ccc([N+](=O)[O-])cc2[N+](=O)[O-])c2ccccc12. The third-order valence-electron chi connectivity index (χ3n) is 4.47. The first-order valence-electron chi connectivity index (χ1n) is 9.25. The van der Waals surface area contributed by atoms with E-state index in [1.165, 1.54) is 6.07 Å². The van der Waals surface area contributed by atoms with Crippen LogP contribution in [0.25, 0.3) is 10.8 Å². The molecule has 0 saturated carbocycles. The van der Waals surface area contributed by atoms with Gasteiger partial charge in [0, 0.05) is 35.1 Å². The molecule has 0 radical (unpaired) electrons. The number of fused-ring (bicyclic) bond motifs is 1. The maximum atomic E-state index is 11.3. The van der Waals surface area contributed by atoms with Gasteiger partial charge >= 0.3 is 5.69 Å². The number of phenolic OH excluding ortho intramolecular Hbond substituents is 1. The molecule has 0 fully saturated rings. The predicted octanol–water partition coefficient (Wildman–Crippen LogP) is 5.99. The standard InChI is InChI=1S/C20H19N5O5/c1-2-3-10-21-17-12-19(26)20(15-7-5-4-6-14(15)17)23-22-16-9-8-13(24(27)28)11-18(16)25(29)30/h4-9,11-12,21,26H,2-3,10H2,1H3. The van der Waals surface area contributed by atoms with Crippen molar-refractivity contribution in [1.29, 1.82) is 0 Å². The van der Waals surface area contributed by atoms with Gasteiger partial charge in [-0.15, -0.1) is 10.2 Å². The molecule has 0 aliphatic carbocycles. The van der Waals surface area contributed by atoms with Crippen LogP contribution < -0.4 is 5.32 Å². The van der Waals surface area contributed by atoms with Gasteiger partial charge in [-0.3, -0.25) is 20.2 Å². The Bertz CT molecular complexity index is 1150. The minimum Gasteiger partial charge on any atom is -0.506 e. The van der Waals surface area contributed by atoms with Crippen LogP contribution in [0.1, 0.15) is 19.8 Å². The van der Waals surface area contributed by atoms with E-state index >= 15 is 0 Å². The average Bonchev–Trinajstić information content (AvgIpc) is 2.73. The molecule has 10 heteroatoms. The minimum absolute atomic E-state index is 0.138. The Kier molecular flexibility index (Phi) is 6.16. The van der Waals surface area contributed by atoms with Crippen molar-refractivity contribution in [3.05, 3.63) is 68.8 Å². The summed E-state index contributed by atoms with van der Waals surface area (Å²) in [5, 5.41) is 45.3. The molecule has 0 aromatic heterocycles. The molecule has 0 aliphatic heterocycles. The van der Waals surface area contributed by atoms with Crippen molar-refractivity contribution < 1.29 is 15.0 Å². The average molecular weight is 409 g/mol. The van der Waals surface area contributed by atoms with Crippen molar-refractivity contribution >= 4 is 39.2 Å². The van der Waals surface area contributed by atoms with Crippen LogP contribution in [-0.2, 0) is 0 Å². The number of aromatic hydroxyl groups is 1. The zero-order valence-electron chi connectivity index (χ0n) is 16.1. The summed E-state index contributed by atoms with van der Waals surface area (Å²) < 4.78 is 0. The van der Waals surface area contributed by atoms with Gasteiger partial charge in [-0.25, -0.2) is 0 Å². The van der Waals surface area contributed by atoms with E-state index < -0.39 is 21.2 Å². The van der Waals surface area contributed by atoms with E-state index in [1.807, 2.05) is 12.1 Å². The summed E-state index contributed by atoms with van der Waals surface area (Å²) in [7, 11) is 0. The summed E-state index contributed by atoms with van der Waals surface area (Å²) in [4.78, 5) is 20.7. The highest BCUT2D eigenvalue weighted by atomic mass is 16.6. The molecule has 3 aromatic rings. The second-order valence-corrected chi connectivity index (χ2v) is 6.51. The number of azo groups is 1. The smallest absolute Gasteiger partial charge is 0.303 e. The van der Waals surface area contributed by atoms with Crippen molar-refractivity contribution in [2.24, 2.45) is 10.2 Å². The molecule has 0 aliphatic rings. The predicted molar refractivity (Wildman–Crippen MR) is 113 cm³/mol. The zero-order valence-corrected chi connectivity index (χ0v) is 16.1. The van der Waals surface area contributed by atoms with Gasteiger partial charge in [0.1, 0.15) is 11.4 Å². The Morgan fingerprint density at radius 2 is 1.73 bits per heavy atom. The summed E-state index contributed by atoms with van der Waals surface area (Å²) in [6.45, 7) is 2.83. The van der Waals surface area contributed by atoms with Gasteiger partial charge in [0.15, 0.2) is 5.69 Å². The van der Waals surface area contributed by atoms with Gasteiger partial charge < -0.3 is 10.4 Å². The number of nitro benzene ring substituents is 2. The van der Waals surface area contributed by atoms with Gasteiger partial charge in [-0.05, 0) is 12.5 Å². The Balaban J connectivity index is 2.05. The van der Waals surface area contributed by atoms with E-state index in [0.717, 1.165) is 48.7 Å². The molecular formula is C20H19N5O5. The summed E-state index contributed by atoms with van der Waals surface area (Å²) >= 11 is 0. The highest BCUT2D eigenvalue weighted by Gasteiger charge is 2.20. The Morgan fingerprint density at radius 3 is 2.40 bits per heavy atom. The van der Waals surface area contributed by atoms with Gasteiger partial charge in [-0.2, -0.15) is 0 Å². The molecule has 30 heavy (non-hydrogen) atoms. The first kappa shape index (κ1) is 20.6. The van der Waals surface area contributed by atoms with Crippen molar-refractivity contribution in [2.75, 3.05) is 11.9 Å².